The third-order valence-corrected chi connectivity index (χ3v) is 6.80. The maximum absolute atomic E-state index is 12.9. The molecule has 0 radical (unpaired) electrons. The Morgan fingerprint density at radius 1 is 1.20 bits per heavy atom. The first-order valence-electron chi connectivity index (χ1n) is 12.1. The monoisotopic (exact) mass is 494 g/mol. The molecule has 1 aromatic heterocycles. The molecule has 2 N–H and O–H groups in total. The average Bonchev–Trinajstić information content (AvgIpc) is 2.89. The normalized spacial score (nSPS) is 15.0. The standard InChI is InChI=1S/C27H34N4O3S/c1-20(21-7-4-3-5-8-21)28-27(35)31(12-6-11-30-13-15-34-16-14-30)19-23-17-22-18-24(33-2)9-10-25(22)29-26(23)32/h3-5,7-10,17-18,20H,6,11-16,19H2,1-2H3,(H,28,35)(H,29,32)/t20-/m0/s1. The lowest BCUT2D eigenvalue weighted by atomic mass is 10.1. The first kappa shape index (κ1) is 25.2. The Bertz CT molecular complexity index is 1180. The van der Waals surface area contributed by atoms with Gasteiger partial charge in [0.05, 0.1) is 32.9 Å². The first-order chi connectivity index (χ1) is 17.0. The molecular weight excluding hydrogens is 460 g/mol. The number of methoxy groups -OCH3 is 1. The van der Waals surface area contributed by atoms with Crippen molar-refractivity contribution in [1.82, 2.24) is 20.1 Å². The van der Waals surface area contributed by atoms with Crippen molar-refractivity contribution < 1.29 is 9.47 Å². The van der Waals surface area contributed by atoms with Crippen molar-refractivity contribution in [2.45, 2.75) is 25.9 Å². The van der Waals surface area contributed by atoms with Crippen molar-refractivity contribution in [3.63, 3.8) is 0 Å². The van der Waals surface area contributed by atoms with E-state index in [0.717, 1.165) is 62.5 Å². The molecule has 4 rings (SSSR count). The number of benzene rings is 2. The molecule has 0 amide bonds. The van der Waals surface area contributed by atoms with E-state index in [9.17, 15) is 4.79 Å². The highest BCUT2D eigenvalue weighted by atomic mass is 32.1. The van der Waals surface area contributed by atoms with Crippen LogP contribution in [0.5, 0.6) is 5.75 Å². The van der Waals surface area contributed by atoms with Crippen LogP contribution in [0.4, 0.5) is 0 Å². The largest absolute Gasteiger partial charge is 0.497 e. The van der Waals surface area contributed by atoms with Gasteiger partial charge in [0.25, 0.3) is 5.56 Å². The van der Waals surface area contributed by atoms with E-state index in [4.69, 9.17) is 21.7 Å². The van der Waals surface area contributed by atoms with Gasteiger partial charge in [-0.15, -0.1) is 0 Å². The Balaban J connectivity index is 1.51. The molecule has 1 atom stereocenters. The second kappa shape index (κ2) is 12.2. The molecule has 0 saturated carbocycles. The van der Waals surface area contributed by atoms with E-state index < -0.39 is 0 Å². The maximum Gasteiger partial charge on any atom is 0.253 e. The van der Waals surface area contributed by atoms with Crippen LogP contribution in [0.25, 0.3) is 10.9 Å². The van der Waals surface area contributed by atoms with E-state index in [1.807, 2.05) is 42.5 Å². The molecule has 8 heteroatoms. The molecule has 0 spiro atoms. The van der Waals surface area contributed by atoms with Crippen LogP contribution >= 0.6 is 12.2 Å². The number of ether oxygens (including phenoxy) is 2. The number of morpholine rings is 1. The summed E-state index contributed by atoms with van der Waals surface area (Å²) in [6, 6.07) is 17.9. The van der Waals surface area contributed by atoms with Gasteiger partial charge < -0.3 is 24.7 Å². The summed E-state index contributed by atoms with van der Waals surface area (Å²) in [5, 5.41) is 5.05. The molecule has 1 saturated heterocycles. The summed E-state index contributed by atoms with van der Waals surface area (Å²) in [7, 11) is 1.64. The fourth-order valence-electron chi connectivity index (χ4n) is 4.34. The summed E-state index contributed by atoms with van der Waals surface area (Å²) in [5.74, 6) is 0.756. The number of rotatable bonds is 9. The van der Waals surface area contributed by atoms with E-state index in [-0.39, 0.29) is 11.6 Å². The van der Waals surface area contributed by atoms with Gasteiger partial charge in [0, 0.05) is 42.6 Å². The van der Waals surface area contributed by atoms with Crippen LogP contribution in [0.2, 0.25) is 0 Å². The number of aromatic nitrogens is 1. The molecule has 2 heterocycles. The quantitative estimate of drug-likeness (QED) is 0.440. The number of thiocarbonyl (C=S) groups is 1. The Morgan fingerprint density at radius 2 is 1.97 bits per heavy atom. The number of fused-ring (bicyclic) bond motifs is 1. The predicted octanol–water partition coefficient (Wildman–Crippen LogP) is 3.70. The number of nitrogens with one attached hydrogen (secondary N) is 2. The van der Waals surface area contributed by atoms with Crippen molar-refractivity contribution in [3.05, 3.63) is 76.1 Å². The minimum Gasteiger partial charge on any atom is -0.497 e. The van der Waals surface area contributed by atoms with Gasteiger partial charge >= 0.3 is 0 Å². The molecule has 0 unspecified atom stereocenters. The van der Waals surface area contributed by atoms with Crippen LogP contribution in [-0.2, 0) is 11.3 Å². The van der Waals surface area contributed by atoms with Crippen molar-refractivity contribution in [3.8, 4) is 5.75 Å². The van der Waals surface area contributed by atoms with Crippen LogP contribution in [0.3, 0.4) is 0 Å². The van der Waals surface area contributed by atoms with Crippen LogP contribution in [0, 0.1) is 0 Å². The van der Waals surface area contributed by atoms with Gasteiger partial charge in [-0.2, -0.15) is 0 Å². The number of pyridine rings is 1. The summed E-state index contributed by atoms with van der Waals surface area (Å²) in [6.07, 6.45) is 0.945. The summed E-state index contributed by atoms with van der Waals surface area (Å²) >= 11 is 5.85. The van der Waals surface area contributed by atoms with Crippen molar-refractivity contribution >= 4 is 28.2 Å². The SMILES string of the molecule is COc1ccc2[nH]c(=O)c(CN(CCCN3CCOCC3)C(=S)N[C@@H](C)c3ccccc3)cc2c1. The van der Waals surface area contributed by atoms with Crippen molar-refractivity contribution in [1.29, 1.82) is 0 Å². The number of aromatic amines is 1. The molecule has 0 bridgehead atoms. The van der Waals surface area contributed by atoms with Gasteiger partial charge in [-0.05, 0) is 55.4 Å². The van der Waals surface area contributed by atoms with E-state index in [1.165, 1.54) is 5.56 Å². The third-order valence-electron chi connectivity index (χ3n) is 6.42. The number of hydrogen-bond donors (Lipinski definition) is 2. The third kappa shape index (κ3) is 6.81. The van der Waals surface area contributed by atoms with Crippen LogP contribution in [-0.4, -0.2) is 66.4 Å². The molecule has 0 aliphatic carbocycles. The van der Waals surface area contributed by atoms with Crippen LogP contribution in [0.1, 0.15) is 30.5 Å². The molecule has 35 heavy (non-hydrogen) atoms. The molecule has 1 fully saturated rings. The number of hydrogen-bond acceptors (Lipinski definition) is 5. The maximum atomic E-state index is 12.9. The van der Waals surface area contributed by atoms with E-state index in [0.29, 0.717) is 17.2 Å². The van der Waals surface area contributed by atoms with Gasteiger partial charge in [-0.1, -0.05) is 30.3 Å². The molecule has 7 nitrogen and oxygen atoms in total. The minimum absolute atomic E-state index is 0.0598. The Hall–Kier alpha value is -2.94. The molecule has 1 aliphatic rings. The number of nitrogens with zero attached hydrogens (tertiary/aromatic N) is 2. The summed E-state index contributed by atoms with van der Waals surface area (Å²) in [4.78, 5) is 20.4. The molecule has 186 valence electrons. The van der Waals surface area contributed by atoms with E-state index in [2.05, 4.69) is 39.2 Å². The average molecular weight is 495 g/mol. The zero-order chi connectivity index (χ0) is 24.6. The van der Waals surface area contributed by atoms with E-state index in [1.54, 1.807) is 7.11 Å². The summed E-state index contributed by atoms with van der Waals surface area (Å²) in [5.41, 5.74) is 2.53. The molecular formula is C27H34N4O3S. The summed E-state index contributed by atoms with van der Waals surface area (Å²) < 4.78 is 10.8. The Kier molecular flexibility index (Phi) is 8.74. The zero-order valence-corrected chi connectivity index (χ0v) is 21.3. The topological polar surface area (TPSA) is 69.8 Å². The second-order valence-electron chi connectivity index (χ2n) is 8.89. The Morgan fingerprint density at radius 3 is 2.71 bits per heavy atom. The highest BCUT2D eigenvalue weighted by Crippen LogP contribution is 2.20. The molecule has 1 aliphatic heterocycles. The van der Waals surface area contributed by atoms with Gasteiger partial charge in [-0.25, -0.2) is 0 Å². The smallest absolute Gasteiger partial charge is 0.253 e. The first-order valence-corrected chi connectivity index (χ1v) is 12.5. The van der Waals surface area contributed by atoms with Crippen LogP contribution in [0.15, 0.2) is 59.4 Å². The lowest BCUT2D eigenvalue weighted by Crippen LogP contribution is -2.43. The van der Waals surface area contributed by atoms with E-state index >= 15 is 0 Å². The van der Waals surface area contributed by atoms with Gasteiger partial charge in [0.1, 0.15) is 5.75 Å². The zero-order valence-electron chi connectivity index (χ0n) is 20.5. The summed E-state index contributed by atoms with van der Waals surface area (Å²) in [6.45, 7) is 7.74. The minimum atomic E-state index is -0.0975. The highest BCUT2D eigenvalue weighted by Gasteiger charge is 2.17. The molecule has 3 aromatic rings. The van der Waals surface area contributed by atoms with Gasteiger partial charge in [-0.3, -0.25) is 9.69 Å². The lowest BCUT2D eigenvalue weighted by molar-refractivity contribution is 0.0367. The number of H-pyrrole nitrogens is 1. The Labute approximate surface area is 212 Å². The second-order valence-corrected chi connectivity index (χ2v) is 9.27. The van der Waals surface area contributed by atoms with Gasteiger partial charge in [0.2, 0.25) is 0 Å². The lowest BCUT2D eigenvalue weighted by Gasteiger charge is -2.30. The predicted molar refractivity (Wildman–Crippen MR) is 144 cm³/mol. The van der Waals surface area contributed by atoms with Crippen molar-refractivity contribution in [2.75, 3.05) is 46.5 Å². The highest BCUT2D eigenvalue weighted by molar-refractivity contribution is 7.80. The van der Waals surface area contributed by atoms with Crippen molar-refractivity contribution in [2.24, 2.45) is 0 Å². The fourth-order valence-corrected chi connectivity index (χ4v) is 4.68. The fraction of sp³-hybridized carbons (Fsp3) is 0.407. The van der Waals surface area contributed by atoms with Crippen LogP contribution < -0.4 is 15.6 Å². The molecule has 2 aromatic carbocycles. The van der Waals surface area contributed by atoms with Gasteiger partial charge in [0.15, 0.2) is 5.11 Å².